The maximum Gasteiger partial charge on any atom is 0.315 e. The van der Waals surface area contributed by atoms with E-state index in [-0.39, 0.29) is 29.6 Å². The summed E-state index contributed by atoms with van der Waals surface area (Å²) in [5.74, 6) is 0.878. The SMILES string of the molecule is CC(C)Oc1ncccc1CNC(=O)NC[C@@H]1CCS(=O)(=O)C1. The normalized spacial score (nSPS) is 19.5. The summed E-state index contributed by atoms with van der Waals surface area (Å²) in [4.78, 5) is 16.0. The molecule has 2 rings (SSSR count). The van der Waals surface area contributed by atoms with Crippen molar-refractivity contribution in [3.05, 3.63) is 23.9 Å². The molecule has 2 heterocycles. The summed E-state index contributed by atoms with van der Waals surface area (Å²) >= 11 is 0. The Morgan fingerprint density at radius 3 is 2.87 bits per heavy atom. The Hall–Kier alpha value is -1.83. The van der Waals surface area contributed by atoms with Gasteiger partial charge < -0.3 is 15.4 Å². The number of ether oxygens (including phenoxy) is 1. The summed E-state index contributed by atoms with van der Waals surface area (Å²) in [6.07, 6.45) is 2.25. The van der Waals surface area contributed by atoms with Gasteiger partial charge in [-0.3, -0.25) is 0 Å². The van der Waals surface area contributed by atoms with E-state index in [1.165, 1.54) is 0 Å². The van der Waals surface area contributed by atoms with Gasteiger partial charge in [0.2, 0.25) is 5.88 Å². The van der Waals surface area contributed by atoms with Gasteiger partial charge in [0.15, 0.2) is 9.84 Å². The van der Waals surface area contributed by atoms with Crippen LogP contribution in [0.5, 0.6) is 5.88 Å². The first-order valence-corrected chi connectivity index (χ1v) is 9.50. The van der Waals surface area contributed by atoms with E-state index >= 15 is 0 Å². The summed E-state index contributed by atoms with van der Waals surface area (Å²) < 4.78 is 28.3. The van der Waals surface area contributed by atoms with Gasteiger partial charge in [-0.1, -0.05) is 6.07 Å². The first-order valence-electron chi connectivity index (χ1n) is 7.68. The van der Waals surface area contributed by atoms with E-state index in [2.05, 4.69) is 15.6 Å². The van der Waals surface area contributed by atoms with Crippen molar-refractivity contribution in [1.82, 2.24) is 15.6 Å². The Morgan fingerprint density at radius 1 is 1.43 bits per heavy atom. The van der Waals surface area contributed by atoms with E-state index in [1.807, 2.05) is 19.9 Å². The van der Waals surface area contributed by atoms with Crippen LogP contribution in [0.3, 0.4) is 0 Å². The Morgan fingerprint density at radius 2 is 2.22 bits per heavy atom. The van der Waals surface area contributed by atoms with E-state index in [4.69, 9.17) is 4.74 Å². The van der Waals surface area contributed by atoms with Crippen LogP contribution in [0.15, 0.2) is 18.3 Å². The fraction of sp³-hybridized carbons (Fsp3) is 0.600. The summed E-state index contributed by atoms with van der Waals surface area (Å²) in [5.41, 5.74) is 0.791. The number of sulfone groups is 1. The Labute approximate surface area is 136 Å². The molecule has 1 aromatic heterocycles. The number of nitrogens with one attached hydrogen (secondary N) is 2. The Balaban J connectivity index is 1.78. The number of urea groups is 1. The number of nitrogens with zero attached hydrogens (tertiary/aromatic N) is 1. The largest absolute Gasteiger partial charge is 0.475 e. The minimum absolute atomic E-state index is 0.00166. The molecule has 23 heavy (non-hydrogen) atoms. The van der Waals surface area contributed by atoms with Crippen LogP contribution in [0.4, 0.5) is 4.79 Å². The van der Waals surface area contributed by atoms with Crippen LogP contribution in [-0.4, -0.2) is 43.6 Å². The number of rotatable bonds is 6. The van der Waals surface area contributed by atoms with Crippen LogP contribution in [0.1, 0.15) is 25.8 Å². The summed E-state index contributed by atoms with van der Waals surface area (Å²) in [6.45, 7) is 4.49. The zero-order chi connectivity index (χ0) is 16.9. The van der Waals surface area contributed by atoms with E-state index in [9.17, 15) is 13.2 Å². The number of carbonyl (C=O) groups excluding carboxylic acids is 1. The number of amides is 2. The highest BCUT2D eigenvalue weighted by Crippen LogP contribution is 2.17. The lowest BCUT2D eigenvalue weighted by Gasteiger charge is -2.14. The van der Waals surface area contributed by atoms with Crippen molar-refractivity contribution in [2.24, 2.45) is 5.92 Å². The van der Waals surface area contributed by atoms with Gasteiger partial charge in [0, 0.05) is 24.8 Å². The van der Waals surface area contributed by atoms with Gasteiger partial charge >= 0.3 is 6.03 Å². The van der Waals surface area contributed by atoms with Crippen molar-refractivity contribution >= 4 is 15.9 Å². The lowest BCUT2D eigenvalue weighted by molar-refractivity contribution is 0.228. The molecule has 0 saturated carbocycles. The first kappa shape index (κ1) is 17.5. The number of aromatic nitrogens is 1. The fourth-order valence-electron chi connectivity index (χ4n) is 2.40. The molecule has 1 aliphatic rings. The van der Waals surface area contributed by atoms with Crippen molar-refractivity contribution in [1.29, 1.82) is 0 Å². The average molecular weight is 341 g/mol. The third-order valence-electron chi connectivity index (χ3n) is 3.51. The van der Waals surface area contributed by atoms with Crippen LogP contribution >= 0.6 is 0 Å². The second-order valence-corrected chi connectivity index (χ2v) is 8.20. The van der Waals surface area contributed by atoms with E-state index in [0.29, 0.717) is 25.4 Å². The van der Waals surface area contributed by atoms with E-state index in [1.54, 1.807) is 12.3 Å². The second kappa shape index (κ2) is 7.63. The van der Waals surface area contributed by atoms with Gasteiger partial charge in [-0.25, -0.2) is 18.2 Å². The summed E-state index contributed by atoms with van der Waals surface area (Å²) in [7, 11) is -2.91. The summed E-state index contributed by atoms with van der Waals surface area (Å²) in [5, 5.41) is 5.45. The lowest BCUT2D eigenvalue weighted by Crippen LogP contribution is -2.38. The zero-order valence-corrected chi connectivity index (χ0v) is 14.2. The van der Waals surface area contributed by atoms with E-state index in [0.717, 1.165) is 5.56 Å². The van der Waals surface area contributed by atoms with Crippen molar-refractivity contribution < 1.29 is 17.9 Å². The molecule has 1 fully saturated rings. The average Bonchev–Trinajstić information content (AvgIpc) is 2.83. The maximum atomic E-state index is 11.8. The zero-order valence-electron chi connectivity index (χ0n) is 13.4. The molecule has 1 atom stereocenters. The molecule has 0 spiro atoms. The van der Waals surface area contributed by atoms with Gasteiger partial charge in [0.1, 0.15) is 0 Å². The van der Waals surface area contributed by atoms with Crippen molar-refractivity contribution in [2.45, 2.75) is 32.9 Å². The first-order chi connectivity index (χ1) is 10.9. The van der Waals surface area contributed by atoms with Gasteiger partial charge in [-0.2, -0.15) is 0 Å². The van der Waals surface area contributed by atoms with Crippen molar-refractivity contribution in [3.8, 4) is 5.88 Å². The molecule has 1 aromatic rings. The molecular formula is C15H23N3O4S. The standard InChI is InChI=1S/C15H23N3O4S/c1-11(2)22-14-13(4-3-6-16-14)9-18-15(19)17-8-12-5-7-23(20,21)10-12/h3-4,6,11-12H,5,7-10H2,1-2H3,(H2,17,18,19)/t12-/m0/s1. The van der Waals surface area contributed by atoms with Gasteiger partial charge in [-0.15, -0.1) is 0 Å². The Bertz CT molecular complexity index is 646. The van der Waals surface area contributed by atoms with Crippen molar-refractivity contribution in [3.63, 3.8) is 0 Å². The van der Waals surface area contributed by atoms with Gasteiger partial charge in [0.05, 0.1) is 17.6 Å². The molecule has 1 saturated heterocycles. The quantitative estimate of drug-likeness (QED) is 0.807. The highest BCUT2D eigenvalue weighted by Gasteiger charge is 2.27. The maximum absolute atomic E-state index is 11.8. The van der Waals surface area contributed by atoms with Crippen LogP contribution in [-0.2, 0) is 16.4 Å². The molecule has 0 bridgehead atoms. The van der Waals surface area contributed by atoms with Gasteiger partial charge in [0.25, 0.3) is 0 Å². The second-order valence-electron chi connectivity index (χ2n) is 5.97. The number of hydrogen-bond acceptors (Lipinski definition) is 5. The van der Waals surface area contributed by atoms with Crippen molar-refractivity contribution in [2.75, 3.05) is 18.1 Å². The van der Waals surface area contributed by atoms with E-state index < -0.39 is 9.84 Å². The minimum atomic E-state index is -2.91. The number of pyridine rings is 1. The highest BCUT2D eigenvalue weighted by molar-refractivity contribution is 7.91. The van der Waals surface area contributed by atoms with Crippen LogP contribution in [0, 0.1) is 5.92 Å². The van der Waals surface area contributed by atoms with Crippen LogP contribution in [0.25, 0.3) is 0 Å². The topological polar surface area (TPSA) is 97.4 Å². The van der Waals surface area contributed by atoms with Crippen LogP contribution in [0.2, 0.25) is 0 Å². The number of carbonyl (C=O) groups is 1. The highest BCUT2D eigenvalue weighted by atomic mass is 32.2. The molecule has 0 aromatic carbocycles. The molecule has 0 unspecified atom stereocenters. The molecule has 2 amide bonds. The molecule has 0 radical (unpaired) electrons. The molecule has 1 aliphatic heterocycles. The third-order valence-corrected chi connectivity index (χ3v) is 5.35. The predicted molar refractivity (Wildman–Crippen MR) is 87.0 cm³/mol. The van der Waals surface area contributed by atoms with Crippen LogP contribution < -0.4 is 15.4 Å². The number of hydrogen-bond donors (Lipinski definition) is 2. The molecule has 0 aliphatic carbocycles. The summed E-state index contributed by atoms with van der Waals surface area (Å²) in [6, 6.07) is 3.30. The lowest BCUT2D eigenvalue weighted by atomic mass is 10.1. The predicted octanol–water partition coefficient (Wildman–Crippen LogP) is 1.10. The molecule has 7 nitrogen and oxygen atoms in total. The fourth-order valence-corrected chi connectivity index (χ4v) is 4.26. The monoisotopic (exact) mass is 341 g/mol. The third kappa shape index (κ3) is 5.70. The molecule has 8 heteroatoms. The molecular weight excluding hydrogens is 318 g/mol. The minimum Gasteiger partial charge on any atom is -0.475 e. The molecule has 2 N–H and O–H groups in total. The smallest absolute Gasteiger partial charge is 0.315 e. The van der Waals surface area contributed by atoms with Gasteiger partial charge in [-0.05, 0) is 32.3 Å². The molecule has 128 valence electrons. The Kier molecular flexibility index (Phi) is 5.81.